The molecule has 3 rings (SSSR count). The smallest absolute Gasteiger partial charge is 0.170 e. The largest absolute Gasteiger partial charge is 0.496 e. The molecule has 2 aromatic carbocycles. The lowest BCUT2D eigenvalue weighted by atomic mass is 9.98. The lowest BCUT2D eigenvalue weighted by Gasteiger charge is -2.15. The lowest BCUT2D eigenvalue weighted by molar-refractivity contribution is 0.395. The van der Waals surface area contributed by atoms with Crippen molar-refractivity contribution < 1.29 is 13.5 Å². The Labute approximate surface area is 133 Å². The van der Waals surface area contributed by atoms with Gasteiger partial charge in [0.25, 0.3) is 0 Å². The van der Waals surface area contributed by atoms with Crippen LogP contribution in [0.25, 0.3) is 22.3 Å². The molecule has 0 bridgehead atoms. The van der Waals surface area contributed by atoms with Crippen LogP contribution in [0.3, 0.4) is 0 Å². The average molecular weight is 314 g/mol. The molecule has 1 aromatic heterocycles. The van der Waals surface area contributed by atoms with E-state index in [0.29, 0.717) is 11.3 Å². The SMILES string of the molecule is COc1cc(-c2ncc3ccccc3n2)c(F)c(F)c1C(C)C. The maximum absolute atomic E-state index is 14.5. The van der Waals surface area contributed by atoms with Gasteiger partial charge in [-0.25, -0.2) is 18.7 Å². The van der Waals surface area contributed by atoms with E-state index in [4.69, 9.17) is 4.74 Å². The molecule has 0 saturated carbocycles. The first kappa shape index (κ1) is 15.3. The molecule has 0 fully saturated rings. The molecule has 0 aliphatic rings. The van der Waals surface area contributed by atoms with Crippen molar-refractivity contribution in [2.45, 2.75) is 19.8 Å². The van der Waals surface area contributed by atoms with E-state index in [9.17, 15) is 8.78 Å². The number of methoxy groups -OCH3 is 1. The van der Waals surface area contributed by atoms with Crippen LogP contribution in [0.5, 0.6) is 5.75 Å². The van der Waals surface area contributed by atoms with Crippen LogP contribution in [0, 0.1) is 11.6 Å². The molecule has 0 amide bonds. The molecule has 0 atom stereocenters. The van der Waals surface area contributed by atoms with E-state index in [1.54, 1.807) is 26.1 Å². The van der Waals surface area contributed by atoms with Crippen LogP contribution in [-0.4, -0.2) is 17.1 Å². The van der Waals surface area contributed by atoms with Gasteiger partial charge < -0.3 is 4.74 Å². The van der Waals surface area contributed by atoms with Crippen molar-refractivity contribution in [3.8, 4) is 17.1 Å². The van der Waals surface area contributed by atoms with Crippen molar-refractivity contribution in [3.05, 3.63) is 53.7 Å². The van der Waals surface area contributed by atoms with Crippen molar-refractivity contribution in [3.63, 3.8) is 0 Å². The summed E-state index contributed by atoms with van der Waals surface area (Å²) in [7, 11) is 1.43. The molecular formula is C18H16F2N2O. The predicted molar refractivity (Wildman–Crippen MR) is 85.5 cm³/mol. The van der Waals surface area contributed by atoms with E-state index in [1.807, 2.05) is 18.2 Å². The van der Waals surface area contributed by atoms with Gasteiger partial charge in [0.15, 0.2) is 17.5 Å². The van der Waals surface area contributed by atoms with Gasteiger partial charge in [0, 0.05) is 17.1 Å². The summed E-state index contributed by atoms with van der Waals surface area (Å²) in [5, 5.41) is 0.836. The van der Waals surface area contributed by atoms with Gasteiger partial charge in [0.1, 0.15) is 5.75 Å². The van der Waals surface area contributed by atoms with Gasteiger partial charge in [-0.3, -0.25) is 0 Å². The van der Waals surface area contributed by atoms with Crippen LogP contribution >= 0.6 is 0 Å². The summed E-state index contributed by atoms with van der Waals surface area (Å²) in [6.45, 7) is 3.57. The number of aromatic nitrogens is 2. The highest BCUT2D eigenvalue weighted by Gasteiger charge is 2.23. The van der Waals surface area contributed by atoms with Gasteiger partial charge in [-0.1, -0.05) is 32.0 Å². The van der Waals surface area contributed by atoms with Crippen LogP contribution in [0.4, 0.5) is 8.78 Å². The zero-order valence-electron chi connectivity index (χ0n) is 13.1. The zero-order valence-corrected chi connectivity index (χ0v) is 13.1. The van der Waals surface area contributed by atoms with Crippen molar-refractivity contribution in [2.24, 2.45) is 0 Å². The molecule has 23 heavy (non-hydrogen) atoms. The van der Waals surface area contributed by atoms with Crippen LogP contribution < -0.4 is 4.74 Å². The highest BCUT2D eigenvalue weighted by molar-refractivity contribution is 5.79. The van der Waals surface area contributed by atoms with Gasteiger partial charge >= 0.3 is 0 Å². The Morgan fingerprint density at radius 1 is 1.09 bits per heavy atom. The van der Waals surface area contributed by atoms with Gasteiger partial charge in [-0.15, -0.1) is 0 Å². The minimum absolute atomic E-state index is 0.00509. The number of fused-ring (bicyclic) bond motifs is 1. The molecule has 3 aromatic rings. The molecule has 0 N–H and O–H groups in total. The minimum atomic E-state index is -0.954. The van der Waals surface area contributed by atoms with E-state index < -0.39 is 11.6 Å². The zero-order chi connectivity index (χ0) is 16.6. The number of nitrogens with zero attached hydrogens (tertiary/aromatic N) is 2. The molecule has 0 unspecified atom stereocenters. The van der Waals surface area contributed by atoms with Crippen LogP contribution in [0.1, 0.15) is 25.3 Å². The molecule has 0 radical (unpaired) electrons. The van der Waals surface area contributed by atoms with Gasteiger partial charge in [-0.05, 0) is 18.1 Å². The third-order valence-electron chi connectivity index (χ3n) is 3.73. The molecule has 3 nitrogen and oxygen atoms in total. The molecule has 118 valence electrons. The summed E-state index contributed by atoms with van der Waals surface area (Å²) in [5.74, 6) is -1.64. The summed E-state index contributed by atoms with van der Waals surface area (Å²) >= 11 is 0. The standard InChI is InChI=1S/C18H16F2N2O/c1-10(2)15-14(23-3)8-12(16(19)17(15)20)18-21-9-11-6-4-5-7-13(11)22-18/h4-10H,1-3H3. The van der Waals surface area contributed by atoms with Crippen LogP contribution in [-0.2, 0) is 0 Å². The van der Waals surface area contributed by atoms with Crippen molar-refractivity contribution in [2.75, 3.05) is 7.11 Å². The van der Waals surface area contributed by atoms with E-state index in [-0.39, 0.29) is 22.9 Å². The van der Waals surface area contributed by atoms with E-state index in [2.05, 4.69) is 9.97 Å². The van der Waals surface area contributed by atoms with E-state index in [1.165, 1.54) is 13.2 Å². The summed E-state index contributed by atoms with van der Waals surface area (Å²) < 4.78 is 34.2. The van der Waals surface area contributed by atoms with Crippen LogP contribution in [0.15, 0.2) is 36.5 Å². The number of benzene rings is 2. The predicted octanol–water partition coefficient (Wildman–Crippen LogP) is 4.71. The van der Waals surface area contributed by atoms with Crippen molar-refractivity contribution in [1.29, 1.82) is 0 Å². The third kappa shape index (κ3) is 2.63. The topological polar surface area (TPSA) is 35.0 Å². The van der Waals surface area contributed by atoms with Gasteiger partial charge in [0.05, 0.1) is 18.2 Å². The Bertz CT molecular complexity index is 878. The van der Waals surface area contributed by atoms with E-state index in [0.717, 1.165) is 5.39 Å². The number of rotatable bonds is 3. The summed E-state index contributed by atoms with van der Waals surface area (Å²) in [6.07, 6.45) is 1.60. The Hall–Kier alpha value is -2.56. The number of hydrogen-bond acceptors (Lipinski definition) is 3. The Morgan fingerprint density at radius 3 is 2.52 bits per heavy atom. The molecule has 0 aliphatic carbocycles. The summed E-state index contributed by atoms with van der Waals surface area (Å²) in [4.78, 5) is 8.48. The monoisotopic (exact) mass is 314 g/mol. The number of hydrogen-bond donors (Lipinski definition) is 0. The fourth-order valence-electron chi connectivity index (χ4n) is 2.59. The van der Waals surface area contributed by atoms with Crippen molar-refractivity contribution >= 4 is 10.9 Å². The average Bonchev–Trinajstić information content (AvgIpc) is 2.56. The Morgan fingerprint density at radius 2 is 1.83 bits per heavy atom. The van der Waals surface area contributed by atoms with Crippen LogP contribution in [0.2, 0.25) is 0 Å². The normalized spacial score (nSPS) is 11.2. The second kappa shape index (κ2) is 5.91. The Balaban J connectivity index is 2.24. The fraction of sp³-hybridized carbons (Fsp3) is 0.222. The quantitative estimate of drug-likeness (QED) is 0.702. The first-order valence-corrected chi connectivity index (χ1v) is 7.31. The lowest BCUT2D eigenvalue weighted by Crippen LogP contribution is -2.04. The Kier molecular flexibility index (Phi) is 3.94. The highest BCUT2D eigenvalue weighted by atomic mass is 19.2. The first-order chi connectivity index (χ1) is 11.0. The highest BCUT2D eigenvalue weighted by Crippen LogP contribution is 2.36. The van der Waals surface area contributed by atoms with E-state index >= 15 is 0 Å². The maximum Gasteiger partial charge on any atom is 0.170 e. The van der Waals surface area contributed by atoms with Crippen molar-refractivity contribution in [1.82, 2.24) is 9.97 Å². The molecular weight excluding hydrogens is 298 g/mol. The number of ether oxygens (including phenoxy) is 1. The second-order valence-electron chi connectivity index (χ2n) is 5.58. The summed E-state index contributed by atoms with van der Waals surface area (Å²) in [5.41, 5.74) is 0.883. The summed E-state index contributed by atoms with van der Waals surface area (Å²) in [6, 6.07) is 8.81. The van der Waals surface area contributed by atoms with Gasteiger partial charge in [0.2, 0.25) is 0 Å². The molecule has 0 aliphatic heterocycles. The molecule has 0 spiro atoms. The molecule has 5 heteroatoms. The third-order valence-corrected chi connectivity index (χ3v) is 3.73. The first-order valence-electron chi connectivity index (χ1n) is 7.31. The molecule has 1 heterocycles. The van der Waals surface area contributed by atoms with Gasteiger partial charge in [-0.2, -0.15) is 0 Å². The number of halogens is 2. The number of para-hydroxylation sites is 1. The molecule has 0 saturated heterocycles. The fourth-order valence-corrected chi connectivity index (χ4v) is 2.59. The second-order valence-corrected chi connectivity index (χ2v) is 5.58. The maximum atomic E-state index is 14.5. The minimum Gasteiger partial charge on any atom is -0.496 e.